The second kappa shape index (κ2) is 3.74. The van der Waals surface area contributed by atoms with E-state index in [-0.39, 0.29) is 0 Å². The molecule has 0 spiro atoms. The van der Waals surface area contributed by atoms with Gasteiger partial charge in [0.15, 0.2) is 0 Å². The summed E-state index contributed by atoms with van der Waals surface area (Å²) in [5.74, 6) is -1.05. The fourth-order valence-electron chi connectivity index (χ4n) is 0.477. The van der Waals surface area contributed by atoms with Crippen molar-refractivity contribution in [2.45, 2.75) is 6.92 Å². The van der Waals surface area contributed by atoms with Crippen LogP contribution in [0.25, 0.3) is 0 Å². The lowest BCUT2D eigenvalue weighted by molar-refractivity contribution is -0.122. The molecule has 4 heteroatoms. The van der Waals surface area contributed by atoms with Gasteiger partial charge < -0.3 is 0 Å². The van der Waals surface area contributed by atoms with Crippen molar-refractivity contribution in [3.63, 3.8) is 0 Å². The second-order valence-corrected chi connectivity index (χ2v) is 2.63. The third-order valence-electron chi connectivity index (χ3n) is 0.947. The zero-order chi connectivity index (χ0) is 8.31. The lowest BCUT2D eigenvalue weighted by Crippen LogP contribution is -2.16. The molecule has 0 amide bonds. The molecule has 0 saturated carbocycles. The number of carbonyl (C=O) groups is 2. The summed E-state index contributed by atoms with van der Waals surface area (Å²) in [4.78, 5) is 20.9. The van der Waals surface area contributed by atoms with Crippen LogP contribution in [-0.2, 0) is 9.59 Å². The average Bonchev–Trinajstić information content (AvgIpc) is 1.59. The zero-order valence-electron chi connectivity index (χ0n) is 5.36. The standard InChI is InChI=1S/C6H6Cl2O2/c1-3(2)4(5(7)9)6(8)10/h4H,1H2,2H3. The summed E-state index contributed by atoms with van der Waals surface area (Å²) in [7, 11) is 0. The number of rotatable bonds is 3. The van der Waals surface area contributed by atoms with Crippen LogP contribution in [-0.4, -0.2) is 10.5 Å². The maximum Gasteiger partial charge on any atom is 0.237 e. The van der Waals surface area contributed by atoms with Crippen LogP contribution in [0.3, 0.4) is 0 Å². The Balaban J connectivity index is 4.43. The van der Waals surface area contributed by atoms with Crippen molar-refractivity contribution in [2.24, 2.45) is 5.92 Å². The number of hydrogen-bond acceptors (Lipinski definition) is 2. The molecular formula is C6H6Cl2O2. The van der Waals surface area contributed by atoms with Gasteiger partial charge in [-0.15, -0.1) is 0 Å². The van der Waals surface area contributed by atoms with Crippen LogP contribution in [0.5, 0.6) is 0 Å². The molecule has 0 saturated heterocycles. The van der Waals surface area contributed by atoms with Crippen molar-refractivity contribution in [2.75, 3.05) is 0 Å². The van der Waals surface area contributed by atoms with Gasteiger partial charge in [0, 0.05) is 0 Å². The Kier molecular flexibility index (Phi) is 3.61. The minimum absolute atomic E-state index is 0.361. The molecule has 0 rings (SSSR count). The van der Waals surface area contributed by atoms with Gasteiger partial charge in [0.1, 0.15) is 5.92 Å². The minimum Gasteiger partial charge on any atom is -0.280 e. The Bertz CT molecular complexity index is 153. The number of hydrogen-bond donors (Lipinski definition) is 0. The van der Waals surface area contributed by atoms with E-state index in [1.54, 1.807) is 0 Å². The first-order valence-corrected chi connectivity index (χ1v) is 3.26. The topological polar surface area (TPSA) is 34.1 Å². The highest BCUT2D eigenvalue weighted by atomic mass is 35.5. The molecule has 0 aliphatic rings. The van der Waals surface area contributed by atoms with Crippen LogP contribution in [0, 0.1) is 5.92 Å². The van der Waals surface area contributed by atoms with E-state index in [9.17, 15) is 9.59 Å². The average molecular weight is 181 g/mol. The van der Waals surface area contributed by atoms with Gasteiger partial charge in [0.05, 0.1) is 0 Å². The minimum atomic E-state index is -1.05. The first-order chi connectivity index (χ1) is 4.46. The summed E-state index contributed by atoms with van der Waals surface area (Å²) in [6.07, 6.45) is 0. The van der Waals surface area contributed by atoms with Crippen LogP contribution < -0.4 is 0 Å². The smallest absolute Gasteiger partial charge is 0.237 e. The van der Waals surface area contributed by atoms with E-state index in [2.05, 4.69) is 6.58 Å². The second-order valence-electron chi connectivity index (χ2n) is 1.89. The highest BCUT2D eigenvalue weighted by Gasteiger charge is 2.23. The molecule has 0 heterocycles. The Morgan fingerprint density at radius 2 is 1.60 bits per heavy atom. The third kappa shape index (κ3) is 2.50. The van der Waals surface area contributed by atoms with Gasteiger partial charge in [-0.25, -0.2) is 0 Å². The van der Waals surface area contributed by atoms with Crippen molar-refractivity contribution in [1.82, 2.24) is 0 Å². The van der Waals surface area contributed by atoms with E-state index in [1.807, 2.05) is 0 Å². The summed E-state index contributed by atoms with van der Waals surface area (Å²) >= 11 is 10.1. The lowest BCUT2D eigenvalue weighted by atomic mass is 10.1. The first kappa shape index (κ1) is 9.66. The van der Waals surface area contributed by atoms with E-state index in [4.69, 9.17) is 23.2 Å². The molecule has 0 aromatic carbocycles. The van der Waals surface area contributed by atoms with E-state index >= 15 is 0 Å². The van der Waals surface area contributed by atoms with Gasteiger partial charge in [-0.05, 0) is 30.1 Å². The molecule has 0 aliphatic carbocycles. The third-order valence-corrected chi connectivity index (χ3v) is 1.38. The van der Waals surface area contributed by atoms with Gasteiger partial charge in [-0.2, -0.15) is 0 Å². The van der Waals surface area contributed by atoms with Crippen LogP contribution in [0.4, 0.5) is 0 Å². The molecule has 0 atom stereocenters. The molecule has 0 aromatic heterocycles. The predicted octanol–water partition coefficient (Wildman–Crippen LogP) is 1.71. The highest BCUT2D eigenvalue weighted by Crippen LogP contribution is 2.14. The quantitative estimate of drug-likeness (QED) is 0.377. The van der Waals surface area contributed by atoms with Crippen LogP contribution in [0.2, 0.25) is 0 Å². The molecular weight excluding hydrogens is 175 g/mol. The Morgan fingerprint density at radius 1 is 1.30 bits per heavy atom. The maximum absolute atomic E-state index is 10.4. The van der Waals surface area contributed by atoms with Gasteiger partial charge >= 0.3 is 0 Å². The summed E-state index contributed by atoms with van der Waals surface area (Å²) in [5.41, 5.74) is 0.361. The Morgan fingerprint density at radius 3 is 1.60 bits per heavy atom. The van der Waals surface area contributed by atoms with Crippen molar-refractivity contribution in [3.8, 4) is 0 Å². The maximum atomic E-state index is 10.4. The molecule has 56 valence electrons. The molecule has 0 bridgehead atoms. The van der Waals surface area contributed by atoms with Crippen molar-refractivity contribution < 1.29 is 9.59 Å². The van der Waals surface area contributed by atoms with Gasteiger partial charge in [-0.3, -0.25) is 9.59 Å². The van der Waals surface area contributed by atoms with Crippen molar-refractivity contribution in [3.05, 3.63) is 12.2 Å². The molecule has 10 heavy (non-hydrogen) atoms. The normalized spacial score (nSPS) is 9.60. The Hall–Kier alpha value is -0.340. The lowest BCUT2D eigenvalue weighted by Gasteiger charge is -2.04. The fourth-order valence-corrected chi connectivity index (χ4v) is 1.10. The highest BCUT2D eigenvalue weighted by molar-refractivity contribution is 6.73. The van der Waals surface area contributed by atoms with Crippen molar-refractivity contribution >= 4 is 33.7 Å². The summed E-state index contributed by atoms with van der Waals surface area (Å²) in [5, 5.41) is -1.57. The monoisotopic (exact) mass is 180 g/mol. The van der Waals surface area contributed by atoms with E-state index in [0.717, 1.165) is 0 Å². The van der Waals surface area contributed by atoms with Crippen molar-refractivity contribution in [1.29, 1.82) is 0 Å². The van der Waals surface area contributed by atoms with Gasteiger partial charge in [-0.1, -0.05) is 12.2 Å². The van der Waals surface area contributed by atoms with E-state index in [1.165, 1.54) is 6.92 Å². The largest absolute Gasteiger partial charge is 0.280 e. The molecule has 0 N–H and O–H groups in total. The first-order valence-electron chi connectivity index (χ1n) is 2.51. The molecule has 0 unspecified atom stereocenters. The van der Waals surface area contributed by atoms with E-state index in [0.29, 0.717) is 5.57 Å². The summed E-state index contributed by atoms with van der Waals surface area (Å²) in [6, 6.07) is 0. The number of allylic oxidation sites excluding steroid dienone is 1. The zero-order valence-corrected chi connectivity index (χ0v) is 6.87. The fraction of sp³-hybridized carbons (Fsp3) is 0.333. The molecule has 0 aromatic rings. The predicted molar refractivity (Wildman–Crippen MR) is 40.0 cm³/mol. The van der Waals surface area contributed by atoms with Crippen LogP contribution >= 0.6 is 23.2 Å². The van der Waals surface area contributed by atoms with Crippen LogP contribution in [0.1, 0.15) is 6.92 Å². The van der Waals surface area contributed by atoms with Gasteiger partial charge in [0.2, 0.25) is 10.5 Å². The number of halogens is 2. The molecule has 2 nitrogen and oxygen atoms in total. The number of carbonyl (C=O) groups excluding carboxylic acids is 2. The summed E-state index contributed by atoms with van der Waals surface area (Å²) in [6.45, 7) is 4.91. The molecule has 0 radical (unpaired) electrons. The van der Waals surface area contributed by atoms with E-state index < -0.39 is 16.4 Å². The Labute approximate surface area is 68.8 Å². The molecule has 0 fully saturated rings. The van der Waals surface area contributed by atoms with Gasteiger partial charge in [0.25, 0.3) is 0 Å². The van der Waals surface area contributed by atoms with Crippen LogP contribution in [0.15, 0.2) is 12.2 Å². The molecule has 0 aliphatic heterocycles. The summed E-state index contributed by atoms with van der Waals surface area (Å²) < 4.78 is 0. The SMILES string of the molecule is C=C(C)C(C(=O)Cl)C(=O)Cl.